The van der Waals surface area contributed by atoms with Crippen LogP contribution in [0.4, 0.5) is 4.79 Å². The topological polar surface area (TPSA) is 100 Å². The van der Waals surface area contributed by atoms with Crippen LogP contribution < -0.4 is 5.32 Å². The molecule has 1 unspecified atom stereocenters. The molecule has 1 spiro atoms. The van der Waals surface area contributed by atoms with Crippen LogP contribution in [0.15, 0.2) is 0 Å². The lowest BCUT2D eigenvalue weighted by atomic mass is 9.96. The molecular weight excluding hydrogens is 360 g/mol. The summed E-state index contributed by atoms with van der Waals surface area (Å²) in [6, 6.07) is -0.427. The quantitative estimate of drug-likeness (QED) is 0.775. The van der Waals surface area contributed by atoms with E-state index in [1.165, 1.54) is 0 Å². The highest BCUT2D eigenvalue weighted by Gasteiger charge is 2.53. The summed E-state index contributed by atoms with van der Waals surface area (Å²) in [5.74, 6) is 1.79. The molecule has 0 bridgehead atoms. The van der Waals surface area contributed by atoms with Crippen LogP contribution in [0.5, 0.6) is 0 Å². The summed E-state index contributed by atoms with van der Waals surface area (Å²) in [5.41, 5.74) is -0.760. The summed E-state index contributed by atoms with van der Waals surface area (Å²) in [6.45, 7) is 2.01. The molecule has 9 nitrogen and oxygen atoms in total. The van der Waals surface area contributed by atoms with E-state index in [9.17, 15) is 14.4 Å². The molecular formula is C19H26N6O3. The predicted octanol–water partition coefficient (Wildman–Crippen LogP) is 0.795. The smallest absolute Gasteiger partial charge is 0.325 e. The molecule has 1 aliphatic carbocycles. The van der Waals surface area contributed by atoms with Gasteiger partial charge in [0, 0.05) is 32.0 Å². The van der Waals surface area contributed by atoms with Gasteiger partial charge < -0.3 is 14.8 Å². The maximum Gasteiger partial charge on any atom is 0.325 e. The van der Waals surface area contributed by atoms with Gasteiger partial charge in [-0.25, -0.2) is 4.79 Å². The minimum absolute atomic E-state index is 0.163. The van der Waals surface area contributed by atoms with Crippen molar-refractivity contribution in [3.05, 3.63) is 11.6 Å². The van der Waals surface area contributed by atoms with Gasteiger partial charge in [-0.1, -0.05) is 12.8 Å². The number of nitrogens with zero attached hydrogens (tertiary/aromatic N) is 5. The number of fused-ring (bicyclic) bond motifs is 1. The number of nitrogens with one attached hydrogen (secondary N) is 1. The Morgan fingerprint density at radius 1 is 1.11 bits per heavy atom. The molecule has 0 radical (unpaired) electrons. The number of hydrogen-bond acceptors (Lipinski definition) is 5. The average Bonchev–Trinajstić information content (AvgIpc) is 3.45. The van der Waals surface area contributed by atoms with E-state index in [1.807, 2.05) is 0 Å². The van der Waals surface area contributed by atoms with Crippen LogP contribution in [-0.2, 0) is 22.6 Å². The highest BCUT2D eigenvalue weighted by atomic mass is 16.2. The lowest BCUT2D eigenvalue weighted by Gasteiger charge is -2.33. The molecule has 1 saturated carbocycles. The van der Waals surface area contributed by atoms with Gasteiger partial charge in [0.25, 0.3) is 5.91 Å². The van der Waals surface area contributed by atoms with Crippen molar-refractivity contribution >= 4 is 17.8 Å². The van der Waals surface area contributed by atoms with Gasteiger partial charge in [0.05, 0.1) is 0 Å². The number of urea groups is 1. The van der Waals surface area contributed by atoms with Gasteiger partial charge in [0.2, 0.25) is 5.91 Å². The van der Waals surface area contributed by atoms with Gasteiger partial charge in [-0.15, -0.1) is 10.2 Å². The van der Waals surface area contributed by atoms with E-state index in [0.29, 0.717) is 25.9 Å². The fraction of sp³-hybridized carbons (Fsp3) is 0.737. The fourth-order valence-electron chi connectivity index (χ4n) is 5.26. The Morgan fingerprint density at radius 3 is 2.75 bits per heavy atom. The summed E-state index contributed by atoms with van der Waals surface area (Å²) in [4.78, 5) is 40.9. The number of aromatic nitrogens is 3. The largest absolute Gasteiger partial charge is 0.340 e. The second kappa shape index (κ2) is 6.56. The Kier molecular flexibility index (Phi) is 4.13. The lowest BCUT2D eigenvalue weighted by molar-refractivity contribution is -0.139. The molecule has 0 aromatic carbocycles. The molecule has 1 aromatic rings. The molecule has 2 saturated heterocycles. The number of carbonyl (C=O) groups excluding carboxylic acids is 3. The van der Waals surface area contributed by atoms with Gasteiger partial charge in [-0.05, 0) is 32.1 Å². The van der Waals surface area contributed by atoms with Crippen molar-refractivity contribution in [1.82, 2.24) is 29.9 Å². The monoisotopic (exact) mass is 386 g/mol. The molecule has 1 N–H and O–H groups in total. The number of hydrogen-bond donors (Lipinski definition) is 1. The normalized spacial score (nSPS) is 26.2. The minimum atomic E-state index is -0.760. The number of aryl methyl sites for hydroxylation is 1. The summed E-state index contributed by atoms with van der Waals surface area (Å²) < 4.78 is 2.19. The van der Waals surface area contributed by atoms with E-state index in [-0.39, 0.29) is 24.3 Å². The van der Waals surface area contributed by atoms with E-state index < -0.39 is 11.6 Å². The van der Waals surface area contributed by atoms with Crippen molar-refractivity contribution in [2.75, 3.05) is 19.6 Å². The molecule has 1 atom stereocenters. The van der Waals surface area contributed by atoms with Crippen molar-refractivity contribution in [2.24, 2.45) is 0 Å². The number of piperidine rings is 1. The molecule has 4 amide bonds. The van der Waals surface area contributed by atoms with Gasteiger partial charge >= 0.3 is 6.03 Å². The summed E-state index contributed by atoms with van der Waals surface area (Å²) in [7, 11) is 0. The van der Waals surface area contributed by atoms with E-state index >= 15 is 0 Å². The number of rotatable bonds is 3. The predicted molar refractivity (Wildman–Crippen MR) is 98.3 cm³/mol. The van der Waals surface area contributed by atoms with Crippen molar-refractivity contribution in [2.45, 2.75) is 69.4 Å². The Bertz CT molecular complexity index is 828. The maximum atomic E-state index is 12.9. The van der Waals surface area contributed by atoms with Crippen molar-refractivity contribution in [1.29, 1.82) is 0 Å². The Balaban J connectivity index is 1.26. The third-order valence-corrected chi connectivity index (χ3v) is 6.77. The Labute approximate surface area is 163 Å². The van der Waals surface area contributed by atoms with Crippen molar-refractivity contribution < 1.29 is 14.4 Å². The zero-order valence-corrected chi connectivity index (χ0v) is 16.0. The number of amides is 4. The van der Waals surface area contributed by atoms with Crippen molar-refractivity contribution in [3.63, 3.8) is 0 Å². The highest BCUT2D eigenvalue weighted by Crippen LogP contribution is 2.35. The molecule has 4 heterocycles. The van der Waals surface area contributed by atoms with Crippen LogP contribution in [0.3, 0.4) is 0 Å². The van der Waals surface area contributed by atoms with E-state index in [0.717, 1.165) is 61.6 Å². The Morgan fingerprint density at radius 2 is 1.93 bits per heavy atom. The number of likely N-dealkylation sites (tertiary alicyclic amines) is 1. The number of imide groups is 1. The van der Waals surface area contributed by atoms with Gasteiger partial charge in [-0.3, -0.25) is 14.5 Å². The second-order valence-corrected chi connectivity index (χ2v) is 8.52. The molecule has 3 fully saturated rings. The molecule has 150 valence electrons. The molecule has 4 aliphatic rings. The van der Waals surface area contributed by atoms with Gasteiger partial charge in [0.1, 0.15) is 23.7 Å². The second-order valence-electron chi connectivity index (χ2n) is 8.52. The third-order valence-electron chi connectivity index (χ3n) is 6.77. The zero-order valence-electron chi connectivity index (χ0n) is 16.0. The summed E-state index contributed by atoms with van der Waals surface area (Å²) in [6.07, 6.45) is 7.15. The fourth-order valence-corrected chi connectivity index (χ4v) is 5.26. The zero-order chi connectivity index (χ0) is 19.3. The first-order chi connectivity index (χ1) is 13.6. The number of carbonyl (C=O) groups is 3. The summed E-state index contributed by atoms with van der Waals surface area (Å²) >= 11 is 0. The SMILES string of the molecule is O=C(CN1C(=O)NC2(CCCC2)C1=O)N1CCCC(c2nnc3n2CCC3)C1. The van der Waals surface area contributed by atoms with Crippen LogP contribution in [0.25, 0.3) is 0 Å². The van der Waals surface area contributed by atoms with Gasteiger partial charge in [-0.2, -0.15) is 0 Å². The van der Waals surface area contributed by atoms with E-state index in [2.05, 4.69) is 20.1 Å². The van der Waals surface area contributed by atoms with Crippen LogP contribution in [-0.4, -0.2) is 67.6 Å². The summed E-state index contributed by atoms with van der Waals surface area (Å²) in [5, 5.41) is 11.5. The first-order valence-electron chi connectivity index (χ1n) is 10.4. The Hall–Kier alpha value is -2.45. The molecule has 1 aromatic heterocycles. The lowest BCUT2D eigenvalue weighted by Crippen LogP contribution is -2.48. The molecule has 9 heteroatoms. The standard InChI is InChI=1S/C19H26N6O3/c26-15(12-25-17(27)19(20-18(25)28)7-1-2-8-19)23-9-3-5-13(11-23)16-22-21-14-6-4-10-24(14)16/h13H,1-12H2,(H,20,28). The minimum Gasteiger partial charge on any atom is -0.340 e. The first-order valence-corrected chi connectivity index (χ1v) is 10.4. The molecule has 28 heavy (non-hydrogen) atoms. The first kappa shape index (κ1) is 17.6. The van der Waals surface area contributed by atoms with Crippen molar-refractivity contribution in [3.8, 4) is 0 Å². The van der Waals surface area contributed by atoms with Gasteiger partial charge in [0.15, 0.2) is 0 Å². The maximum absolute atomic E-state index is 12.9. The van der Waals surface area contributed by atoms with E-state index in [1.54, 1.807) is 4.90 Å². The average molecular weight is 386 g/mol. The third kappa shape index (κ3) is 2.70. The van der Waals surface area contributed by atoms with Crippen LogP contribution in [0.2, 0.25) is 0 Å². The molecule has 3 aliphatic heterocycles. The van der Waals surface area contributed by atoms with Crippen LogP contribution in [0.1, 0.15) is 62.5 Å². The molecule has 5 rings (SSSR count). The van der Waals surface area contributed by atoms with Crippen LogP contribution >= 0.6 is 0 Å². The van der Waals surface area contributed by atoms with Crippen LogP contribution in [0, 0.1) is 0 Å². The highest BCUT2D eigenvalue weighted by molar-refractivity contribution is 6.09. The van der Waals surface area contributed by atoms with E-state index in [4.69, 9.17) is 0 Å².